The van der Waals surface area contributed by atoms with Crippen molar-refractivity contribution in [2.75, 3.05) is 13.7 Å². The monoisotopic (exact) mass is 180 g/mol. The van der Waals surface area contributed by atoms with Crippen LogP contribution in [0.4, 0.5) is 0 Å². The number of rotatable bonds is 3. The molecule has 0 unspecified atom stereocenters. The molecule has 0 fully saturated rings. The number of hydrogen-bond donors (Lipinski definition) is 1. The molecule has 0 saturated heterocycles. The highest BCUT2D eigenvalue weighted by Gasteiger charge is 2.09. The number of pyridine rings is 1. The molecule has 1 rings (SSSR count). The number of methoxy groups -OCH3 is 1. The minimum Gasteiger partial charge on any atom is -0.494 e. The molecule has 0 saturated carbocycles. The minimum absolute atomic E-state index is 0.137. The fourth-order valence-electron chi connectivity index (χ4n) is 0.986. The highest BCUT2D eigenvalue weighted by molar-refractivity contribution is 5.96. The second-order valence-corrected chi connectivity index (χ2v) is 2.44. The quantitative estimate of drug-likeness (QED) is 0.749. The van der Waals surface area contributed by atoms with Crippen molar-refractivity contribution in [1.82, 2.24) is 10.3 Å². The van der Waals surface area contributed by atoms with Crippen molar-refractivity contribution in [3.05, 3.63) is 24.0 Å². The molecule has 4 heteroatoms. The Morgan fingerprint density at radius 1 is 1.69 bits per heavy atom. The summed E-state index contributed by atoms with van der Waals surface area (Å²) in [7, 11) is 1.51. The zero-order valence-electron chi connectivity index (χ0n) is 7.70. The van der Waals surface area contributed by atoms with E-state index in [1.165, 1.54) is 13.3 Å². The van der Waals surface area contributed by atoms with Crippen LogP contribution in [-0.4, -0.2) is 24.5 Å². The van der Waals surface area contributed by atoms with Crippen molar-refractivity contribution in [2.45, 2.75) is 6.92 Å². The Morgan fingerprint density at radius 2 is 2.46 bits per heavy atom. The van der Waals surface area contributed by atoms with Gasteiger partial charge in [0.2, 0.25) is 0 Å². The number of carbonyl (C=O) groups excluding carboxylic acids is 1. The summed E-state index contributed by atoms with van der Waals surface area (Å²) in [5.41, 5.74) is 0.513. The predicted molar refractivity (Wildman–Crippen MR) is 48.8 cm³/mol. The molecule has 0 aliphatic rings. The van der Waals surface area contributed by atoms with Crippen molar-refractivity contribution in [2.24, 2.45) is 0 Å². The maximum Gasteiger partial charge on any atom is 0.255 e. The molecule has 1 N–H and O–H groups in total. The molecule has 0 radical (unpaired) electrons. The molecular weight excluding hydrogens is 168 g/mol. The molecule has 1 aromatic rings. The van der Waals surface area contributed by atoms with Gasteiger partial charge in [0.25, 0.3) is 5.91 Å². The first-order valence-electron chi connectivity index (χ1n) is 4.05. The molecule has 0 aliphatic heterocycles. The van der Waals surface area contributed by atoms with E-state index < -0.39 is 0 Å². The van der Waals surface area contributed by atoms with Gasteiger partial charge in [0.05, 0.1) is 18.9 Å². The predicted octanol–water partition coefficient (Wildman–Crippen LogP) is 0.840. The van der Waals surface area contributed by atoms with Crippen LogP contribution in [0.2, 0.25) is 0 Å². The Hall–Kier alpha value is -1.58. The lowest BCUT2D eigenvalue weighted by Crippen LogP contribution is -2.23. The first kappa shape index (κ1) is 9.51. The van der Waals surface area contributed by atoms with Crippen molar-refractivity contribution in [1.29, 1.82) is 0 Å². The van der Waals surface area contributed by atoms with Crippen LogP contribution in [0.15, 0.2) is 18.5 Å². The molecule has 0 atom stereocenters. The van der Waals surface area contributed by atoms with Crippen molar-refractivity contribution >= 4 is 5.91 Å². The van der Waals surface area contributed by atoms with Gasteiger partial charge in [-0.25, -0.2) is 0 Å². The van der Waals surface area contributed by atoms with Crippen LogP contribution in [0.25, 0.3) is 0 Å². The average Bonchev–Trinajstić information content (AvgIpc) is 2.18. The third kappa shape index (κ3) is 2.18. The van der Waals surface area contributed by atoms with E-state index in [4.69, 9.17) is 4.74 Å². The number of nitrogens with zero attached hydrogens (tertiary/aromatic N) is 1. The molecule has 1 heterocycles. The lowest BCUT2D eigenvalue weighted by molar-refractivity contribution is 0.0952. The summed E-state index contributed by atoms with van der Waals surface area (Å²) in [6, 6.07) is 1.63. The fourth-order valence-corrected chi connectivity index (χ4v) is 0.986. The lowest BCUT2D eigenvalue weighted by atomic mass is 10.2. The Balaban J connectivity index is 2.92. The molecule has 1 amide bonds. The van der Waals surface area contributed by atoms with Gasteiger partial charge in [-0.3, -0.25) is 9.78 Å². The molecule has 0 spiro atoms. The first-order chi connectivity index (χ1) is 6.29. The van der Waals surface area contributed by atoms with Gasteiger partial charge >= 0.3 is 0 Å². The lowest BCUT2D eigenvalue weighted by Gasteiger charge is -2.06. The molecule has 1 aromatic heterocycles. The van der Waals surface area contributed by atoms with Gasteiger partial charge in [-0.15, -0.1) is 0 Å². The van der Waals surface area contributed by atoms with E-state index in [0.717, 1.165) is 0 Å². The fraction of sp³-hybridized carbons (Fsp3) is 0.333. The van der Waals surface area contributed by atoms with E-state index in [1.54, 1.807) is 12.3 Å². The van der Waals surface area contributed by atoms with E-state index in [-0.39, 0.29) is 5.91 Å². The van der Waals surface area contributed by atoms with Crippen LogP contribution in [0.3, 0.4) is 0 Å². The third-order valence-corrected chi connectivity index (χ3v) is 1.59. The number of amides is 1. The molecule has 4 nitrogen and oxygen atoms in total. The highest BCUT2D eigenvalue weighted by Crippen LogP contribution is 2.14. The van der Waals surface area contributed by atoms with Crippen molar-refractivity contribution in [3.8, 4) is 5.75 Å². The van der Waals surface area contributed by atoms with Crippen molar-refractivity contribution < 1.29 is 9.53 Å². The van der Waals surface area contributed by atoms with E-state index in [1.807, 2.05) is 6.92 Å². The summed E-state index contributed by atoms with van der Waals surface area (Å²) in [5, 5.41) is 2.69. The molecule has 0 aliphatic carbocycles. The Labute approximate surface area is 76.9 Å². The van der Waals surface area contributed by atoms with Crippen LogP contribution >= 0.6 is 0 Å². The number of aromatic nitrogens is 1. The normalized spacial score (nSPS) is 9.38. The van der Waals surface area contributed by atoms with Crippen LogP contribution in [0, 0.1) is 0 Å². The summed E-state index contributed by atoms with van der Waals surface area (Å²) in [4.78, 5) is 15.3. The largest absolute Gasteiger partial charge is 0.494 e. The molecule has 13 heavy (non-hydrogen) atoms. The summed E-state index contributed by atoms with van der Waals surface area (Å²) in [6.45, 7) is 2.47. The average molecular weight is 180 g/mol. The van der Waals surface area contributed by atoms with Gasteiger partial charge in [-0.05, 0) is 13.0 Å². The molecule has 0 aromatic carbocycles. The Kier molecular flexibility index (Phi) is 3.25. The number of nitrogens with one attached hydrogen (secondary N) is 1. The Bertz CT molecular complexity index is 299. The van der Waals surface area contributed by atoms with E-state index in [2.05, 4.69) is 10.3 Å². The highest BCUT2D eigenvalue weighted by atomic mass is 16.5. The van der Waals surface area contributed by atoms with Gasteiger partial charge in [0.15, 0.2) is 0 Å². The second-order valence-electron chi connectivity index (χ2n) is 2.44. The summed E-state index contributed by atoms with van der Waals surface area (Å²) < 4.78 is 4.99. The van der Waals surface area contributed by atoms with E-state index in [9.17, 15) is 4.79 Å². The van der Waals surface area contributed by atoms with Crippen LogP contribution in [-0.2, 0) is 0 Å². The zero-order chi connectivity index (χ0) is 9.68. The molecule has 0 bridgehead atoms. The summed E-state index contributed by atoms with van der Waals surface area (Å²) in [5.74, 6) is 0.357. The van der Waals surface area contributed by atoms with Gasteiger partial charge in [0, 0.05) is 12.7 Å². The Morgan fingerprint density at radius 3 is 3.08 bits per heavy atom. The summed E-state index contributed by atoms with van der Waals surface area (Å²) >= 11 is 0. The summed E-state index contributed by atoms with van der Waals surface area (Å²) in [6.07, 6.45) is 3.08. The third-order valence-electron chi connectivity index (χ3n) is 1.59. The molecule has 70 valence electrons. The van der Waals surface area contributed by atoms with Crippen LogP contribution < -0.4 is 10.1 Å². The number of hydrogen-bond acceptors (Lipinski definition) is 3. The second kappa shape index (κ2) is 4.45. The smallest absolute Gasteiger partial charge is 0.255 e. The van der Waals surface area contributed by atoms with Crippen LogP contribution in [0.1, 0.15) is 17.3 Å². The van der Waals surface area contributed by atoms with E-state index >= 15 is 0 Å². The maximum absolute atomic E-state index is 11.4. The SMILES string of the molecule is CCNC(=O)c1ccncc1OC. The number of carbonyl (C=O) groups is 1. The van der Waals surface area contributed by atoms with Gasteiger partial charge < -0.3 is 10.1 Å². The van der Waals surface area contributed by atoms with Crippen LogP contribution in [0.5, 0.6) is 5.75 Å². The maximum atomic E-state index is 11.4. The topological polar surface area (TPSA) is 51.2 Å². The molecular formula is C9H12N2O2. The standard InChI is InChI=1S/C9H12N2O2/c1-3-11-9(12)7-4-5-10-6-8(7)13-2/h4-6H,3H2,1-2H3,(H,11,12). The van der Waals surface area contributed by atoms with Crippen molar-refractivity contribution in [3.63, 3.8) is 0 Å². The minimum atomic E-state index is -0.137. The van der Waals surface area contributed by atoms with E-state index in [0.29, 0.717) is 17.9 Å². The van der Waals surface area contributed by atoms with Gasteiger partial charge in [-0.1, -0.05) is 0 Å². The first-order valence-corrected chi connectivity index (χ1v) is 4.05. The zero-order valence-corrected chi connectivity index (χ0v) is 7.70. The number of ether oxygens (including phenoxy) is 1. The van der Waals surface area contributed by atoms with Gasteiger partial charge in [0.1, 0.15) is 5.75 Å². The van der Waals surface area contributed by atoms with Gasteiger partial charge in [-0.2, -0.15) is 0 Å².